The van der Waals surface area contributed by atoms with Crippen LogP contribution in [-0.2, 0) is 0 Å². The van der Waals surface area contributed by atoms with Gasteiger partial charge in [-0.25, -0.2) is 0 Å². The molecule has 0 fully saturated rings. The standard InChI is InChI=1S/C5H7IO/c1-5(2,7)3-4-6/h7H,1-2H3. The van der Waals surface area contributed by atoms with Crippen molar-refractivity contribution in [2.75, 3.05) is 0 Å². The molecule has 0 aliphatic rings. The fraction of sp³-hybridized carbons (Fsp3) is 0.600. The van der Waals surface area contributed by atoms with E-state index in [4.69, 9.17) is 5.11 Å². The third-order valence-corrected chi connectivity index (χ3v) is 0.623. The molecule has 0 amide bonds. The minimum absolute atomic E-state index is 0.818. The Labute approximate surface area is 57.3 Å². The van der Waals surface area contributed by atoms with Gasteiger partial charge in [-0.05, 0) is 17.8 Å². The first kappa shape index (κ1) is 7.25. The highest BCUT2D eigenvalue weighted by atomic mass is 127. The smallest absolute Gasteiger partial charge is 0.120 e. The highest BCUT2D eigenvalue weighted by Crippen LogP contribution is 1.96. The molecule has 0 saturated heterocycles. The summed E-state index contributed by atoms with van der Waals surface area (Å²) in [5.74, 6) is 2.58. The van der Waals surface area contributed by atoms with Crippen molar-refractivity contribution < 1.29 is 5.11 Å². The molecule has 0 heterocycles. The van der Waals surface area contributed by atoms with E-state index in [1.165, 1.54) is 0 Å². The van der Waals surface area contributed by atoms with Crippen LogP contribution in [0.3, 0.4) is 0 Å². The van der Waals surface area contributed by atoms with Gasteiger partial charge in [-0.1, -0.05) is 5.92 Å². The van der Waals surface area contributed by atoms with Gasteiger partial charge in [0.25, 0.3) is 0 Å². The van der Waals surface area contributed by atoms with Gasteiger partial charge in [-0.15, -0.1) is 0 Å². The second-order valence-corrected chi connectivity index (χ2v) is 2.32. The third-order valence-electron chi connectivity index (χ3n) is 0.353. The molecular weight excluding hydrogens is 203 g/mol. The summed E-state index contributed by atoms with van der Waals surface area (Å²) in [6, 6.07) is 0. The van der Waals surface area contributed by atoms with Crippen LogP contribution in [-0.4, -0.2) is 10.7 Å². The zero-order valence-electron chi connectivity index (χ0n) is 4.33. The van der Waals surface area contributed by atoms with Crippen LogP contribution in [0.2, 0.25) is 0 Å². The Morgan fingerprint density at radius 2 is 2.00 bits per heavy atom. The van der Waals surface area contributed by atoms with Crippen molar-refractivity contribution in [1.29, 1.82) is 0 Å². The maximum absolute atomic E-state index is 8.84. The predicted octanol–water partition coefficient (Wildman–Crippen LogP) is 1.15. The van der Waals surface area contributed by atoms with E-state index in [1.807, 2.05) is 22.6 Å². The van der Waals surface area contributed by atoms with Gasteiger partial charge in [0.15, 0.2) is 0 Å². The molecule has 0 radical (unpaired) electrons. The lowest BCUT2D eigenvalue weighted by Crippen LogP contribution is -2.13. The fourth-order valence-corrected chi connectivity index (χ4v) is 0.776. The molecule has 0 aliphatic carbocycles. The zero-order valence-corrected chi connectivity index (χ0v) is 6.48. The van der Waals surface area contributed by atoms with Crippen LogP contribution in [0.5, 0.6) is 0 Å². The maximum atomic E-state index is 8.84. The van der Waals surface area contributed by atoms with Gasteiger partial charge in [0.1, 0.15) is 5.60 Å². The van der Waals surface area contributed by atoms with Crippen molar-refractivity contribution in [3.63, 3.8) is 0 Å². The molecule has 0 aliphatic heterocycles. The molecule has 0 atom stereocenters. The number of halogens is 1. The Morgan fingerprint density at radius 3 is 2.00 bits per heavy atom. The molecule has 2 heteroatoms. The normalized spacial score (nSPS) is 9.71. The van der Waals surface area contributed by atoms with Gasteiger partial charge >= 0.3 is 0 Å². The average Bonchev–Trinajstić information content (AvgIpc) is 1.30. The average molecular weight is 210 g/mol. The van der Waals surface area contributed by atoms with Gasteiger partial charge in [0, 0.05) is 22.6 Å². The summed E-state index contributed by atoms with van der Waals surface area (Å²) in [6.45, 7) is 3.30. The van der Waals surface area contributed by atoms with E-state index in [9.17, 15) is 0 Å². The summed E-state index contributed by atoms with van der Waals surface area (Å²) >= 11 is 1.89. The Hall–Kier alpha value is 0.250. The molecule has 0 aromatic carbocycles. The molecule has 0 aromatic heterocycles. The van der Waals surface area contributed by atoms with Crippen molar-refractivity contribution in [3.05, 3.63) is 0 Å². The summed E-state index contributed by atoms with van der Waals surface area (Å²) in [7, 11) is 0. The van der Waals surface area contributed by atoms with E-state index >= 15 is 0 Å². The lowest BCUT2D eigenvalue weighted by atomic mass is 10.2. The van der Waals surface area contributed by atoms with Crippen LogP contribution in [0.4, 0.5) is 0 Å². The summed E-state index contributed by atoms with van der Waals surface area (Å²) in [6.07, 6.45) is 0. The van der Waals surface area contributed by atoms with Crippen LogP contribution >= 0.6 is 22.6 Å². The van der Waals surface area contributed by atoms with Crippen LogP contribution < -0.4 is 0 Å². The van der Waals surface area contributed by atoms with Gasteiger partial charge in [0.2, 0.25) is 0 Å². The monoisotopic (exact) mass is 210 g/mol. The van der Waals surface area contributed by atoms with Gasteiger partial charge < -0.3 is 5.11 Å². The zero-order chi connectivity index (χ0) is 5.91. The van der Waals surface area contributed by atoms with Crippen molar-refractivity contribution in [2.45, 2.75) is 19.4 Å². The largest absolute Gasteiger partial charge is 0.378 e. The summed E-state index contributed by atoms with van der Waals surface area (Å²) in [5, 5.41) is 8.84. The quantitative estimate of drug-likeness (QED) is 0.469. The van der Waals surface area contributed by atoms with E-state index in [0.29, 0.717) is 0 Å². The van der Waals surface area contributed by atoms with Gasteiger partial charge in [-0.3, -0.25) is 0 Å². The Morgan fingerprint density at radius 1 is 1.57 bits per heavy atom. The van der Waals surface area contributed by atoms with Crippen LogP contribution in [0.1, 0.15) is 13.8 Å². The fourth-order valence-electron chi connectivity index (χ4n) is 0.116. The predicted molar refractivity (Wildman–Crippen MR) is 38.1 cm³/mol. The van der Waals surface area contributed by atoms with Crippen molar-refractivity contribution >= 4 is 22.6 Å². The first-order valence-corrected chi connectivity index (χ1v) is 2.99. The molecule has 1 nitrogen and oxygen atoms in total. The minimum Gasteiger partial charge on any atom is -0.378 e. The highest BCUT2D eigenvalue weighted by Gasteiger charge is 2.04. The number of hydrogen-bond acceptors (Lipinski definition) is 1. The summed E-state index contributed by atoms with van der Waals surface area (Å²) < 4.78 is 2.58. The van der Waals surface area contributed by atoms with Crippen molar-refractivity contribution in [1.82, 2.24) is 0 Å². The highest BCUT2D eigenvalue weighted by molar-refractivity contribution is 14.1. The number of aliphatic hydroxyl groups is 1. The van der Waals surface area contributed by atoms with Crippen LogP contribution in [0.25, 0.3) is 0 Å². The topological polar surface area (TPSA) is 20.2 Å². The van der Waals surface area contributed by atoms with E-state index in [1.54, 1.807) is 13.8 Å². The van der Waals surface area contributed by atoms with Gasteiger partial charge in [-0.2, -0.15) is 0 Å². The first-order valence-electron chi connectivity index (χ1n) is 1.91. The molecule has 1 N–H and O–H groups in total. The Bertz CT molecular complexity index is 101. The maximum Gasteiger partial charge on any atom is 0.120 e. The first-order chi connectivity index (χ1) is 3.06. The lowest BCUT2D eigenvalue weighted by molar-refractivity contribution is 0.144. The van der Waals surface area contributed by atoms with E-state index < -0.39 is 5.60 Å². The molecule has 7 heavy (non-hydrogen) atoms. The minimum atomic E-state index is -0.818. The number of hydrogen-bond donors (Lipinski definition) is 1. The Kier molecular flexibility index (Phi) is 2.62. The van der Waals surface area contributed by atoms with Crippen molar-refractivity contribution in [2.24, 2.45) is 0 Å². The Balaban J connectivity index is 3.72. The second-order valence-electron chi connectivity index (χ2n) is 1.78. The SMILES string of the molecule is CC(C)(O)C#CI. The van der Waals surface area contributed by atoms with Crippen LogP contribution in [0.15, 0.2) is 0 Å². The molecule has 0 rings (SSSR count). The molecule has 40 valence electrons. The van der Waals surface area contributed by atoms with E-state index in [0.717, 1.165) is 0 Å². The van der Waals surface area contributed by atoms with Crippen LogP contribution in [0, 0.1) is 9.85 Å². The van der Waals surface area contributed by atoms with E-state index in [-0.39, 0.29) is 0 Å². The number of rotatable bonds is 0. The lowest BCUT2D eigenvalue weighted by Gasteiger charge is -2.04. The molecule has 0 aromatic rings. The van der Waals surface area contributed by atoms with Gasteiger partial charge in [0.05, 0.1) is 0 Å². The summed E-state index contributed by atoms with van der Waals surface area (Å²) in [5.41, 5.74) is -0.818. The third kappa shape index (κ3) is 6.25. The molecule has 0 unspecified atom stereocenters. The van der Waals surface area contributed by atoms with Crippen molar-refractivity contribution in [3.8, 4) is 9.85 Å². The second kappa shape index (κ2) is 2.53. The molecule has 0 spiro atoms. The molecule has 0 bridgehead atoms. The molecular formula is C5H7IO. The summed E-state index contributed by atoms with van der Waals surface area (Å²) in [4.78, 5) is 0. The molecule has 0 saturated carbocycles. The van der Waals surface area contributed by atoms with E-state index in [2.05, 4.69) is 9.85 Å².